The van der Waals surface area contributed by atoms with Crippen LogP contribution >= 0.6 is 0 Å². The molecule has 27 heavy (non-hydrogen) atoms. The Bertz CT molecular complexity index is 666. The van der Waals surface area contributed by atoms with Gasteiger partial charge in [0.25, 0.3) is 0 Å². The Balaban J connectivity index is 1.92. The van der Waals surface area contributed by atoms with Gasteiger partial charge in [0.2, 0.25) is 0 Å². The number of aliphatic hydroxyl groups is 2. The molecular formula is C22H30O5. The fraction of sp³-hybridized carbons (Fsp3) is 0.591. The third-order valence-corrected chi connectivity index (χ3v) is 5.54. The van der Waals surface area contributed by atoms with Gasteiger partial charge in [-0.05, 0) is 48.7 Å². The lowest BCUT2D eigenvalue weighted by molar-refractivity contribution is -0.141. The molecule has 0 aromatic carbocycles. The molecule has 5 nitrogen and oxygen atoms in total. The van der Waals surface area contributed by atoms with Gasteiger partial charge in [0, 0.05) is 12.3 Å². The Morgan fingerprint density at radius 3 is 2.89 bits per heavy atom. The minimum absolute atomic E-state index is 0.00408. The first-order valence-electron chi connectivity index (χ1n) is 9.45. The van der Waals surface area contributed by atoms with E-state index in [1.165, 1.54) is 0 Å². The van der Waals surface area contributed by atoms with E-state index in [2.05, 4.69) is 24.5 Å². The molecule has 2 aliphatic rings. The molecule has 0 aromatic rings. The number of ether oxygens (including phenoxy) is 1. The van der Waals surface area contributed by atoms with E-state index in [0.717, 1.165) is 17.6 Å². The van der Waals surface area contributed by atoms with E-state index >= 15 is 0 Å². The summed E-state index contributed by atoms with van der Waals surface area (Å²) in [5.41, 5.74) is 1.89. The third kappa shape index (κ3) is 5.80. The van der Waals surface area contributed by atoms with Crippen LogP contribution in [0.2, 0.25) is 0 Å². The van der Waals surface area contributed by atoms with Crippen LogP contribution in [0.25, 0.3) is 0 Å². The topological polar surface area (TPSA) is 87.0 Å². The third-order valence-electron chi connectivity index (χ3n) is 5.54. The molecule has 5 heteroatoms. The summed E-state index contributed by atoms with van der Waals surface area (Å²) >= 11 is 0. The van der Waals surface area contributed by atoms with Crippen LogP contribution < -0.4 is 0 Å². The summed E-state index contributed by atoms with van der Waals surface area (Å²) in [5, 5.41) is 29.3. The summed E-state index contributed by atoms with van der Waals surface area (Å²) in [6.45, 7) is 7.63. The van der Waals surface area contributed by atoms with Crippen molar-refractivity contribution in [1.29, 1.82) is 0 Å². The van der Waals surface area contributed by atoms with E-state index < -0.39 is 18.2 Å². The van der Waals surface area contributed by atoms with Gasteiger partial charge in [-0.3, -0.25) is 0 Å². The van der Waals surface area contributed by atoms with Crippen molar-refractivity contribution in [2.75, 3.05) is 13.2 Å². The maximum atomic E-state index is 10.5. The van der Waals surface area contributed by atoms with Gasteiger partial charge < -0.3 is 20.1 Å². The highest BCUT2D eigenvalue weighted by Gasteiger charge is 2.43. The van der Waals surface area contributed by atoms with Gasteiger partial charge in [-0.15, -0.1) is 11.8 Å². The van der Waals surface area contributed by atoms with Crippen LogP contribution in [0.15, 0.2) is 36.0 Å². The minimum Gasteiger partial charge on any atom is -0.480 e. The Labute approximate surface area is 161 Å². The van der Waals surface area contributed by atoms with Crippen LogP contribution in [0, 0.1) is 35.5 Å². The first kappa shape index (κ1) is 21.4. The second-order valence-electron chi connectivity index (χ2n) is 7.58. The van der Waals surface area contributed by atoms with E-state index in [-0.39, 0.29) is 36.9 Å². The molecule has 148 valence electrons. The molecule has 0 heterocycles. The zero-order valence-corrected chi connectivity index (χ0v) is 16.1. The average molecular weight is 374 g/mol. The van der Waals surface area contributed by atoms with E-state index in [0.29, 0.717) is 12.8 Å². The van der Waals surface area contributed by atoms with Crippen LogP contribution in [0.3, 0.4) is 0 Å². The molecule has 3 N–H and O–H groups in total. The molecule has 1 fully saturated rings. The fourth-order valence-electron chi connectivity index (χ4n) is 3.94. The lowest BCUT2D eigenvalue weighted by Crippen LogP contribution is -2.20. The van der Waals surface area contributed by atoms with Crippen molar-refractivity contribution in [2.45, 2.75) is 45.3 Å². The van der Waals surface area contributed by atoms with Crippen molar-refractivity contribution >= 4 is 5.97 Å². The van der Waals surface area contributed by atoms with Crippen LogP contribution in [-0.2, 0) is 9.53 Å². The molecule has 0 amide bonds. The molecule has 0 saturated heterocycles. The zero-order valence-electron chi connectivity index (χ0n) is 16.1. The largest absolute Gasteiger partial charge is 0.480 e. The van der Waals surface area contributed by atoms with Gasteiger partial charge in [0.05, 0.1) is 18.8 Å². The van der Waals surface area contributed by atoms with Crippen molar-refractivity contribution < 1.29 is 24.9 Å². The normalized spacial score (nSPS) is 29.0. The molecule has 0 aromatic heterocycles. The standard InChI is InChI=1S/C22H30O5/c1-4-5-6-14(2)20(23)8-7-18-19-10-16(9-17(19)11-21(18)24)15(3)12-27-13-22(25)26/h7-9,14,17-21,23-24H,3,6,10-13H2,1-2H3,(H,25,26)/b8-7+/t14?,17-,18+,19-,20+,21+/m0/s1. The van der Waals surface area contributed by atoms with Crippen LogP contribution in [0.5, 0.6) is 0 Å². The molecule has 0 radical (unpaired) electrons. The number of fused-ring (bicyclic) bond motifs is 1. The Kier molecular flexibility index (Phi) is 7.85. The van der Waals surface area contributed by atoms with Crippen molar-refractivity contribution in [3.63, 3.8) is 0 Å². The molecule has 0 bridgehead atoms. The Morgan fingerprint density at radius 2 is 2.22 bits per heavy atom. The first-order valence-corrected chi connectivity index (χ1v) is 9.45. The number of hydrogen-bond donors (Lipinski definition) is 3. The molecule has 0 spiro atoms. The summed E-state index contributed by atoms with van der Waals surface area (Å²) in [6.07, 6.45) is 7.03. The van der Waals surface area contributed by atoms with Crippen molar-refractivity contribution in [2.24, 2.45) is 23.7 Å². The molecule has 1 saturated carbocycles. The monoisotopic (exact) mass is 374 g/mol. The van der Waals surface area contributed by atoms with Gasteiger partial charge in [-0.1, -0.05) is 31.7 Å². The first-order chi connectivity index (χ1) is 12.8. The maximum absolute atomic E-state index is 10.5. The van der Waals surface area contributed by atoms with Gasteiger partial charge in [0.1, 0.15) is 6.61 Å². The summed E-state index contributed by atoms with van der Waals surface area (Å²) in [7, 11) is 0. The highest BCUT2D eigenvalue weighted by atomic mass is 16.5. The van der Waals surface area contributed by atoms with E-state index in [1.54, 1.807) is 13.0 Å². The number of carboxylic acid groups (broad SMARTS) is 1. The minimum atomic E-state index is -0.994. The predicted molar refractivity (Wildman–Crippen MR) is 104 cm³/mol. The van der Waals surface area contributed by atoms with Crippen molar-refractivity contribution in [3.8, 4) is 11.8 Å². The molecule has 2 aliphatic carbocycles. The number of allylic oxidation sites excluding steroid dienone is 1. The highest BCUT2D eigenvalue weighted by molar-refractivity contribution is 5.68. The average Bonchev–Trinajstić information content (AvgIpc) is 3.14. The number of aliphatic hydroxyl groups excluding tert-OH is 2. The van der Waals surface area contributed by atoms with E-state index in [9.17, 15) is 15.0 Å². The number of hydrogen-bond acceptors (Lipinski definition) is 4. The number of aliphatic carboxylic acids is 1. The Hall–Kier alpha value is -1.87. The smallest absolute Gasteiger partial charge is 0.329 e. The number of carbonyl (C=O) groups is 1. The lowest BCUT2D eigenvalue weighted by atomic mass is 9.87. The Morgan fingerprint density at radius 1 is 1.48 bits per heavy atom. The molecule has 6 atom stereocenters. The van der Waals surface area contributed by atoms with Gasteiger partial charge in [-0.2, -0.15) is 0 Å². The second kappa shape index (κ2) is 9.89. The molecule has 1 unspecified atom stereocenters. The van der Waals surface area contributed by atoms with Crippen molar-refractivity contribution in [3.05, 3.63) is 36.0 Å². The van der Waals surface area contributed by atoms with Gasteiger partial charge >= 0.3 is 5.97 Å². The lowest BCUT2D eigenvalue weighted by Gasteiger charge is -2.20. The van der Waals surface area contributed by atoms with Crippen LogP contribution in [0.4, 0.5) is 0 Å². The van der Waals surface area contributed by atoms with E-state index in [4.69, 9.17) is 9.84 Å². The summed E-state index contributed by atoms with van der Waals surface area (Å²) < 4.78 is 5.13. The molecular weight excluding hydrogens is 344 g/mol. The van der Waals surface area contributed by atoms with Crippen LogP contribution in [0.1, 0.15) is 33.1 Å². The summed E-state index contributed by atoms with van der Waals surface area (Å²) in [5.74, 6) is 5.43. The fourth-order valence-corrected chi connectivity index (χ4v) is 3.94. The van der Waals surface area contributed by atoms with E-state index in [1.807, 2.05) is 13.0 Å². The molecule has 0 aliphatic heterocycles. The zero-order chi connectivity index (χ0) is 20.0. The summed E-state index contributed by atoms with van der Waals surface area (Å²) in [6, 6.07) is 0. The highest BCUT2D eigenvalue weighted by Crippen LogP contribution is 2.48. The SMILES string of the molecule is C=C(COCC(=O)O)C1=C[C@H]2C[C@@H](O)[C@H](/C=C/[C@@H](O)C(C)CC#CC)[C@H]2C1. The summed E-state index contributed by atoms with van der Waals surface area (Å²) in [4.78, 5) is 10.5. The van der Waals surface area contributed by atoms with Crippen LogP contribution in [-0.4, -0.2) is 46.7 Å². The van der Waals surface area contributed by atoms with Crippen molar-refractivity contribution in [1.82, 2.24) is 0 Å². The second-order valence-corrected chi connectivity index (χ2v) is 7.58. The van der Waals surface area contributed by atoms with Gasteiger partial charge in [0.15, 0.2) is 0 Å². The quantitative estimate of drug-likeness (QED) is 0.426. The predicted octanol–water partition coefficient (Wildman–Crippen LogP) is 2.55. The maximum Gasteiger partial charge on any atom is 0.329 e. The molecule has 2 rings (SSSR count). The van der Waals surface area contributed by atoms with Gasteiger partial charge in [-0.25, -0.2) is 4.79 Å². The number of carboxylic acids is 1. The number of rotatable bonds is 9.